The van der Waals surface area contributed by atoms with E-state index >= 15 is 0 Å². The molecule has 0 atom stereocenters. The van der Waals surface area contributed by atoms with E-state index in [4.69, 9.17) is 14.9 Å². The van der Waals surface area contributed by atoms with Crippen LogP contribution in [0.15, 0.2) is 47.0 Å². The van der Waals surface area contributed by atoms with Crippen molar-refractivity contribution in [1.29, 1.82) is 0 Å². The molecule has 0 spiro atoms. The van der Waals surface area contributed by atoms with Crippen molar-refractivity contribution in [2.75, 3.05) is 7.11 Å². The Morgan fingerprint density at radius 2 is 2.00 bits per heavy atom. The first-order valence-corrected chi connectivity index (χ1v) is 6.48. The number of amides is 1. The third-order valence-electron chi connectivity index (χ3n) is 3.27. The Morgan fingerprint density at radius 3 is 2.64 bits per heavy atom. The number of rotatable bonds is 3. The lowest BCUT2D eigenvalue weighted by atomic mass is 10.0. The summed E-state index contributed by atoms with van der Waals surface area (Å²) < 4.78 is 10.3. The monoisotopic (exact) mass is 296 g/mol. The highest BCUT2D eigenvalue weighted by Gasteiger charge is 2.25. The minimum Gasteiger partial charge on any atom is -0.465 e. The summed E-state index contributed by atoms with van der Waals surface area (Å²) in [6.45, 7) is 0. The van der Waals surface area contributed by atoms with Crippen molar-refractivity contribution in [2.24, 2.45) is 5.73 Å². The first-order chi connectivity index (χ1) is 10.6. The summed E-state index contributed by atoms with van der Waals surface area (Å²) in [6, 6.07) is 10.1. The van der Waals surface area contributed by atoms with Crippen LogP contribution in [0.4, 0.5) is 0 Å². The van der Waals surface area contributed by atoms with Crippen LogP contribution in [0.2, 0.25) is 0 Å². The van der Waals surface area contributed by atoms with Gasteiger partial charge >= 0.3 is 5.97 Å². The number of hydrogen-bond donors (Lipinski definition) is 1. The topological polar surface area (TPSA) is 95.4 Å². The highest BCUT2D eigenvalue weighted by Crippen LogP contribution is 2.36. The van der Waals surface area contributed by atoms with Crippen LogP contribution in [-0.4, -0.2) is 24.0 Å². The standard InChI is InChI=1S/C16H12N2O4/c1-21-16(20)9-5-4-7-11-12(9)13(14(22-11)15(17)19)10-6-2-3-8-18-10/h2-8H,1H3,(H2,17,19). The van der Waals surface area contributed by atoms with Crippen molar-refractivity contribution in [3.05, 3.63) is 53.9 Å². The molecule has 2 aromatic heterocycles. The normalized spacial score (nSPS) is 10.6. The number of carbonyl (C=O) groups is 2. The summed E-state index contributed by atoms with van der Waals surface area (Å²) >= 11 is 0. The molecule has 0 saturated heterocycles. The first kappa shape index (κ1) is 13.8. The molecule has 0 aliphatic heterocycles. The summed E-state index contributed by atoms with van der Waals surface area (Å²) in [4.78, 5) is 27.9. The SMILES string of the molecule is COC(=O)c1cccc2oc(C(N)=O)c(-c3ccccn3)c12. The Labute approximate surface area is 125 Å². The lowest BCUT2D eigenvalue weighted by Crippen LogP contribution is -2.11. The number of methoxy groups -OCH3 is 1. The van der Waals surface area contributed by atoms with Gasteiger partial charge in [-0.3, -0.25) is 9.78 Å². The van der Waals surface area contributed by atoms with Crippen LogP contribution in [0.3, 0.4) is 0 Å². The van der Waals surface area contributed by atoms with Gasteiger partial charge in [-0.2, -0.15) is 0 Å². The highest BCUT2D eigenvalue weighted by molar-refractivity contribution is 6.14. The van der Waals surface area contributed by atoms with Crippen LogP contribution in [0.25, 0.3) is 22.2 Å². The van der Waals surface area contributed by atoms with Gasteiger partial charge < -0.3 is 14.9 Å². The van der Waals surface area contributed by atoms with Crippen LogP contribution in [0, 0.1) is 0 Å². The molecule has 0 radical (unpaired) electrons. The van der Waals surface area contributed by atoms with Crippen LogP contribution < -0.4 is 5.73 Å². The van der Waals surface area contributed by atoms with Gasteiger partial charge in [-0.15, -0.1) is 0 Å². The van der Waals surface area contributed by atoms with Gasteiger partial charge in [-0.25, -0.2) is 4.79 Å². The Bertz CT molecular complexity index is 868. The van der Waals surface area contributed by atoms with E-state index in [1.165, 1.54) is 7.11 Å². The number of pyridine rings is 1. The van der Waals surface area contributed by atoms with E-state index in [2.05, 4.69) is 4.98 Å². The molecule has 22 heavy (non-hydrogen) atoms. The molecule has 1 aromatic carbocycles. The van der Waals surface area contributed by atoms with E-state index in [1.54, 1.807) is 42.6 Å². The molecular formula is C16H12N2O4. The molecule has 6 nitrogen and oxygen atoms in total. The molecule has 1 amide bonds. The fourth-order valence-electron chi connectivity index (χ4n) is 2.36. The van der Waals surface area contributed by atoms with Crippen molar-refractivity contribution in [3.63, 3.8) is 0 Å². The van der Waals surface area contributed by atoms with Gasteiger partial charge in [0, 0.05) is 11.6 Å². The minimum atomic E-state index is -0.729. The predicted octanol–water partition coefficient (Wildman–Crippen LogP) is 2.38. The molecular weight excluding hydrogens is 284 g/mol. The number of aromatic nitrogens is 1. The maximum absolute atomic E-state index is 12.0. The summed E-state index contributed by atoms with van der Waals surface area (Å²) in [5.41, 5.74) is 6.94. The van der Waals surface area contributed by atoms with E-state index in [9.17, 15) is 9.59 Å². The van der Waals surface area contributed by atoms with Gasteiger partial charge in [0.2, 0.25) is 5.76 Å². The lowest BCUT2D eigenvalue weighted by Gasteiger charge is -2.04. The molecule has 2 heterocycles. The molecule has 3 aromatic rings. The van der Waals surface area contributed by atoms with Crippen molar-refractivity contribution < 1.29 is 18.7 Å². The number of nitrogens with two attached hydrogens (primary N) is 1. The Morgan fingerprint density at radius 1 is 1.18 bits per heavy atom. The maximum Gasteiger partial charge on any atom is 0.338 e. The van der Waals surface area contributed by atoms with E-state index in [-0.39, 0.29) is 11.3 Å². The number of furan rings is 1. The summed E-state index contributed by atoms with van der Waals surface area (Å²) in [5, 5.41) is 0.460. The van der Waals surface area contributed by atoms with Crippen molar-refractivity contribution >= 4 is 22.8 Å². The average molecular weight is 296 g/mol. The van der Waals surface area contributed by atoms with E-state index in [1.807, 2.05) is 0 Å². The summed E-state index contributed by atoms with van der Waals surface area (Å²) in [6.07, 6.45) is 1.58. The van der Waals surface area contributed by atoms with Crippen LogP contribution in [-0.2, 0) is 4.74 Å². The summed E-state index contributed by atoms with van der Waals surface area (Å²) in [7, 11) is 1.29. The molecule has 0 aliphatic rings. The minimum absolute atomic E-state index is 0.0370. The number of nitrogens with zero attached hydrogens (tertiary/aromatic N) is 1. The van der Waals surface area contributed by atoms with Gasteiger partial charge in [0.25, 0.3) is 5.91 Å². The zero-order chi connectivity index (χ0) is 15.7. The fourth-order valence-corrected chi connectivity index (χ4v) is 2.36. The Kier molecular flexibility index (Phi) is 3.34. The maximum atomic E-state index is 12.0. The van der Waals surface area contributed by atoms with Crippen molar-refractivity contribution in [2.45, 2.75) is 0 Å². The zero-order valence-corrected chi connectivity index (χ0v) is 11.7. The largest absolute Gasteiger partial charge is 0.465 e. The smallest absolute Gasteiger partial charge is 0.338 e. The van der Waals surface area contributed by atoms with E-state index in [0.717, 1.165) is 0 Å². The van der Waals surface area contributed by atoms with Crippen molar-refractivity contribution in [3.8, 4) is 11.3 Å². The molecule has 0 unspecified atom stereocenters. The third-order valence-corrected chi connectivity index (χ3v) is 3.27. The second-order valence-electron chi connectivity index (χ2n) is 4.56. The molecule has 3 rings (SSSR count). The lowest BCUT2D eigenvalue weighted by molar-refractivity contribution is 0.0603. The molecule has 0 saturated carbocycles. The van der Waals surface area contributed by atoms with Gasteiger partial charge in [-0.1, -0.05) is 12.1 Å². The van der Waals surface area contributed by atoms with Crippen LogP contribution in [0.5, 0.6) is 0 Å². The Hall–Kier alpha value is -3.15. The predicted molar refractivity (Wildman–Crippen MR) is 79.3 cm³/mol. The van der Waals surface area contributed by atoms with Crippen LogP contribution >= 0.6 is 0 Å². The molecule has 0 bridgehead atoms. The molecule has 6 heteroatoms. The number of primary amides is 1. The molecule has 0 aliphatic carbocycles. The quantitative estimate of drug-likeness (QED) is 0.749. The highest BCUT2D eigenvalue weighted by atomic mass is 16.5. The average Bonchev–Trinajstić information content (AvgIpc) is 2.94. The number of fused-ring (bicyclic) bond motifs is 1. The molecule has 2 N–H and O–H groups in total. The number of carbonyl (C=O) groups excluding carboxylic acids is 2. The number of benzene rings is 1. The second-order valence-corrected chi connectivity index (χ2v) is 4.56. The van der Waals surface area contributed by atoms with Gasteiger partial charge in [0.15, 0.2) is 0 Å². The van der Waals surface area contributed by atoms with Crippen LogP contribution in [0.1, 0.15) is 20.9 Å². The third kappa shape index (κ3) is 2.10. The fraction of sp³-hybridized carbons (Fsp3) is 0.0625. The van der Waals surface area contributed by atoms with Gasteiger partial charge in [0.05, 0.1) is 23.9 Å². The number of hydrogen-bond acceptors (Lipinski definition) is 5. The van der Waals surface area contributed by atoms with Crippen molar-refractivity contribution in [1.82, 2.24) is 4.98 Å². The van der Waals surface area contributed by atoms with Gasteiger partial charge in [-0.05, 0) is 24.3 Å². The molecule has 0 fully saturated rings. The van der Waals surface area contributed by atoms with E-state index in [0.29, 0.717) is 22.2 Å². The summed E-state index contributed by atoms with van der Waals surface area (Å²) in [5.74, 6) is -1.29. The van der Waals surface area contributed by atoms with E-state index < -0.39 is 11.9 Å². The van der Waals surface area contributed by atoms with Gasteiger partial charge in [0.1, 0.15) is 5.58 Å². The zero-order valence-electron chi connectivity index (χ0n) is 11.7. The first-order valence-electron chi connectivity index (χ1n) is 6.48. The number of ether oxygens (including phenoxy) is 1. The molecule has 110 valence electrons. The number of esters is 1. The Balaban J connectivity index is 2.43. The second kappa shape index (κ2) is 5.33.